The zero-order valence-electron chi connectivity index (χ0n) is 14.3. The number of likely N-dealkylation sites (tertiary alicyclic amines) is 1. The molecular formula is C19H19F3N2O2. The van der Waals surface area contributed by atoms with Crippen LogP contribution >= 0.6 is 0 Å². The van der Waals surface area contributed by atoms with Crippen LogP contribution in [0.25, 0.3) is 0 Å². The molecule has 0 spiro atoms. The summed E-state index contributed by atoms with van der Waals surface area (Å²) in [7, 11) is 0. The topological polar surface area (TPSA) is 42.4 Å². The molecule has 1 fully saturated rings. The van der Waals surface area contributed by atoms with Gasteiger partial charge in [0.05, 0.1) is 18.5 Å². The van der Waals surface area contributed by atoms with E-state index in [4.69, 9.17) is 4.74 Å². The van der Waals surface area contributed by atoms with Crippen LogP contribution in [0.15, 0.2) is 42.5 Å². The molecule has 138 valence electrons. The molecule has 1 aromatic carbocycles. The first-order chi connectivity index (χ1) is 12.3. The van der Waals surface area contributed by atoms with Crippen molar-refractivity contribution in [3.63, 3.8) is 0 Å². The van der Waals surface area contributed by atoms with Gasteiger partial charge in [0.2, 0.25) is 11.8 Å². The molecule has 26 heavy (non-hydrogen) atoms. The fourth-order valence-electron chi connectivity index (χ4n) is 2.95. The summed E-state index contributed by atoms with van der Waals surface area (Å²) in [6.45, 7) is 2.80. The van der Waals surface area contributed by atoms with Crippen molar-refractivity contribution < 1.29 is 22.7 Å². The van der Waals surface area contributed by atoms with Crippen LogP contribution < -0.4 is 4.74 Å². The van der Waals surface area contributed by atoms with Crippen molar-refractivity contribution in [2.24, 2.45) is 0 Å². The highest BCUT2D eigenvalue weighted by Gasteiger charge is 2.31. The molecule has 1 amide bonds. The second-order valence-electron chi connectivity index (χ2n) is 6.36. The van der Waals surface area contributed by atoms with E-state index in [0.717, 1.165) is 17.8 Å². The Kier molecular flexibility index (Phi) is 5.15. The Labute approximate surface area is 149 Å². The zero-order valence-corrected chi connectivity index (χ0v) is 14.3. The third-order valence-electron chi connectivity index (χ3n) is 4.26. The minimum atomic E-state index is -4.41. The van der Waals surface area contributed by atoms with E-state index in [1.54, 1.807) is 11.0 Å². The van der Waals surface area contributed by atoms with E-state index in [1.807, 2.05) is 19.1 Å². The second-order valence-corrected chi connectivity index (χ2v) is 6.36. The van der Waals surface area contributed by atoms with Crippen molar-refractivity contribution in [2.45, 2.75) is 32.0 Å². The molecule has 1 unspecified atom stereocenters. The number of aryl methyl sites for hydroxylation is 1. The van der Waals surface area contributed by atoms with E-state index >= 15 is 0 Å². The summed E-state index contributed by atoms with van der Waals surface area (Å²) >= 11 is 0. The van der Waals surface area contributed by atoms with Crippen molar-refractivity contribution in [1.82, 2.24) is 9.88 Å². The van der Waals surface area contributed by atoms with Crippen LogP contribution in [0.1, 0.15) is 23.2 Å². The van der Waals surface area contributed by atoms with Gasteiger partial charge in [0, 0.05) is 24.7 Å². The number of rotatable bonds is 4. The van der Waals surface area contributed by atoms with Gasteiger partial charge in [-0.2, -0.15) is 13.2 Å². The van der Waals surface area contributed by atoms with Gasteiger partial charge in [-0.1, -0.05) is 24.3 Å². The monoisotopic (exact) mass is 364 g/mol. The smallest absolute Gasteiger partial charge is 0.416 e. The third-order valence-corrected chi connectivity index (χ3v) is 4.26. The molecule has 1 aliphatic rings. The summed E-state index contributed by atoms with van der Waals surface area (Å²) in [5.74, 6) is 0.315. The fraction of sp³-hybridized carbons (Fsp3) is 0.368. The number of hydrogen-bond donors (Lipinski definition) is 0. The molecule has 1 atom stereocenters. The number of halogens is 3. The lowest BCUT2D eigenvalue weighted by molar-refractivity contribution is -0.138. The number of carbonyl (C=O) groups is 1. The van der Waals surface area contributed by atoms with Crippen LogP contribution in [0.3, 0.4) is 0 Å². The quantitative estimate of drug-likeness (QED) is 0.832. The van der Waals surface area contributed by atoms with Crippen LogP contribution in [0.5, 0.6) is 5.88 Å². The molecular weight excluding hydrogens is 345 g/mol. The van der Waals surface area contributed by atoms with Gasteiger partial charge in [0.25, 0.3) is 0 Å². The number of aromatic nitrogens is 1. The Morgan fingerprint density at radius 1 is 1.27 bits per heavy atom. The molecule has 3 rings (SSSR count). The Bertz CT molecular complexity index is 792. The Balaban J connectivity index is 1.58. The molecule has 4 nitrogen and oxygen atoms in total. The number of alkyl halides is 3. The van der Waals surface area contributed by atoms with Gasteiger partial charge in [0.1, 0.15) is 6.10 Å². The first-order valence-corrected chi connectivity index (χ1v) is 8.35. The van der Waals surface area contributed by atoms with E-state index in [9.17, 15) is 18.0 Å². The number of nitrogens with zero attached hydrogens (tertiary/aromatic N) is 2. The number of ether oxygens (including phenoxy) is 1. The number of hydrogen-bond acceptors (Lipinski definition) is 3. The molecule has 0 bridgehead atoms. The lowest BCUT2D eigenvalue weighted by Gasteiger charge is -2.17. The van der Waals surface area contributed by atoms with Crippen molar-refractivity contribution in [3.05, 3.63) is 59.3 Å². The van der Waals surface area contributed by atoms with Crippen molar-refractivity contribution >= 4 is 5.91 Å². The van der Waals surface area contributed by atoms with E-state index in [1.165, 1.54) is 12.1 Å². The third kappa shape index (κ3) is 4.53. The predicted molar refractivity (Wildman–Crippen MR) is 89.7 cm³/mol. The minimum absolute atomic E-state index is 0.0562. The SMILES string of the molecule is Cc1cccc(OC2CCN(C(=O)Cc3cccc(C(F)(F)F)c3)C2)n1. The predicted octanol–water partition coefficient (Wildman–Crippen LogP) is 3.63. The number of pyridine rings is 1. The lowest BCUT2D eigenvalue weighted by Crippen LogP contribution is -2.32. The summed E-state index contributed by atoms with van der Waals surface area (Å²) in [5, 5.41) is 0. The second kappa shape index (κ2) is 7.35. The molecule has 0 saturated carbocycles. The fourth-order valence-corrected chi connectivity index (χ4v) is 2.95. The Morgan fingerprint density at radius 3 is 2.77 bits per heavy atom. The van der Waals surface area contributed by atoms with Gasteiger partial charge in [-0.15, -0.1) is 0 Å². The molecule has 1 aliphatic heterocycles. The molecule has 2 heterocycles. The van der Waals surface area contributed by atoms with Crippen LogP contribution in [0, 0.1) is 6.92 Å². The standard InChI is InChI=1S/C19H19F3N2O2/c1-13-4-2-7-17(23-13)26-16-8-9-24(12-16)18(25)11-14-5-3-6-15(10-14)19(20,21)22/h2-7,10,16H,8-9,11-12H2,1H3. The molecule has 0 N–H and O–H groups in total. The maximum Gasteiger partial charge on any atom is 0.416 e. The van der Waals surface area contributed by atoms with Gasteiger partial charge in [-0.05, 0) is 24.6 Å². The lowest BCUT2D eigenvalue weighted by atomic mass is 10.1. The molecule has 2 aromatic rings. The number of amides is 1. The van der Waals surface area contributed by atoms with Gasteiger partial charge >= 0.3 is 6.18 Å². The summed E-state index contributed by atoms with van der Waals surface area (Å²) in [6, 6.07) is 10.4. The maximum atomic E-state index is 12.8. The minimum Gasteiger partial charge on any atom is -0.472 e. The molecule has 1 saturated heterocycles. The summed E-state index contributed by atoms with van der Waals surface area (Å²) in [5.41, 5.74) is 0.462. The van der Waals surface area contributed by atoms with Crippen molar-refractivity contribution in [3.8, 4) is 5.88 Å². The van der Waals surface area contributed by atoms with Crippen molar-refractivity contribution in [1.29, 1.82) is 0 Å². The Morgan fingerprint density at radius 2 is 2.04 bits per heavy atom. The zero-order chi connectivity index (χ0) is 18.7. The largest absolute Gasteiger partial charge is 0.472 e. The summed E-state index contributed by atoms with van der Waals surface area (Å²) in [4.78, 5) is 18.3. The summed E-state index contributed by atoms with van der Waals surface area (Å²) in [6.07, 6.45) is -3.95. The van der Waals surface area contributed by atoms with E-state index in [-0.39, 0.29) is 18.4 Å². The van der Waals surface area contributed by atoms with E-state index < -0.39 is 11.7 Å². The first kappa shape index (κ1) is 18.2. The van der Waals surface area contributed by atoms with Gasteiger partial charge in [-0.3, -0.25) is 4.79 Å². The first-order valence-electron chi connectivity index (χ1n) is 8.35. The average molecular weight is 364 g/mol. The highest BCUT2D eigenvalue weighted by atomic mass is 19.4. The molecule has 0 aliphatic carbocycles. The summed E-state index contributed by atoms with van der Waals surface area (Å²) < 4.78 is 44.1. The van der Waals surface area contributed by atoms with Crippen LogP contribution in [0.4, 0.5) is 13.2 Å². The molecule has 7 heteroatoms. The van der Waals surface area contributed by atoms with Crippen LogP contribution in [-0.4, -0.2) is 35.0 Å². The van der Waals surface area contributed by atoms with Crippen LogP contribution in [-0.2, 0) is 17.4 Å². The van der Waals surface area contributed by atoms with E-state index in [0.29, 0.717) is 31.0 Å². The van der Waals surface area contributed by atoms with Gasteiger partial charge in [-0.25, -0.2) is 4.98 Å². The molecule has 0 radical (unpaired) electrons. The van der Waals surface area contributed by atoms with Gasteiger partial charge < -0.3 is 9.64 Å². The highest BCUT2D eigenvalue weighted by Crippen LogP contribution is 2.29. The number of carbonyl (C=O) groups excluding carboxylic acids is 1. The van der Waals surface area contributed by atoms with Crippen LogP contribution in [0.2, 0.25) is 0 Å². The van der Waals surface area contributed by atoms with Crippen molar-refractivity contribution in [2.75, 3.05) is 13.1 Å². The maximum absolute atomic E-state index is 12.8. The normalized spacial score (nSPS) is 17.4. The highest BCUT2D eigenvalue weighted by molar-refractivity contribution is 5.79. The Hall–Kier alpha value is -2.57. The van der Waals surface area contributed by atoms with Gasteiger partial charge in [0.15, 0.2) is 0 Å². The average Bonchev–Trinajstić information content (AvgIpc) is 3.03. The molecule has 1 aromatic heterocycles. The van der Waals surface area contributed by atoms with E-state index in [2.05, 4.69) is 4.98 Å². The number of benzene rings is 1.